The first-order valence-corrected chi connectivity index (χ1v) is 20.8. The van der Waals surface area contributed by atoms with Crippen LogP contribution in [0.2, 0.25) is 0 Å². The molecular weight excluding hydrogens is 698 g/mol. The van der Waals surface area contributed by atoms with Gasteiger partial charge in [-0.25, -0.2) is 28.0 Å². The Morgan fingerprint density at radius 1 is 0.412 bits per heavy atom. The summed E-state index contributed by atoms with van der Waals surface area (Å²) in [4.78, 5) is 5.08. The minimum Gasteiger partial charge on any atom is -0.739 e. The van der Waals surface area contributed by atoms with Crippen molar-refractivity contribution in [2.75, 3.05) is 9.80 Å². The molecule has 0 heterocycles. The second-order valence-electron chi connectivity index (χ2n) is 13.8. The van der Waals surface area contributed by atoms with Gasteiger partial charge in [-0.1, -0.05) is 148 Å². The Morgan fingerprint density at radius 3 is 0.941 bits per heavy atom. The van der Waals surface area contributed by atoms with Gasteiger partial charge in [0.2, 0.25) is 0 Å². The van der Waals surface area contributed by atoms with Gasteiger partial charge in [0.05, 0.1) is 0 Å². The van der Waals surface area contributed by atoms with E-state index >= 15 is 0 Å². The molecule has 0 aliphatic carbocycles. The minimum atomic E-state index is -0.722. The molecule has 0 atom stereocenters. The van der Waals surface area contributed by atoms with Crippen LogP contribution in [0.25, 0.3) is 0 Å². The molecule has 0 amide bonds. The predicted molar refractivity (Wildman–Crippen MR) is 227 cm³/mol. The van der Waals surface area contributed by atoms with Crippen LogP contribution in [0.15, 0.2) is 158 Å². The summed E-state index contributed by atoms with van der Waals surface area (Å²) in [5, 5.41) is 8.47. The standard InChI is InChI=1S/C35H36NP2.C11H18N.Fe/c1-27(2)36(28(3)4)35-33(37(29-17-9-5-10-18-29)30-19-11-6-12-20-30)25-26-34(35)38(31-21-13-7-14-22-31)32-23-15-8-16-24-32;1-9(2)12(10(3)4)11-7-5-6-8-11;/h5-28H,1-4H3;5-10H,1-4H3;/q-5;-1;. The topological polar surface area (TPSA) is 6.48 Å². The molecule has 6 rings (SSSR count). The molecule has 2 nitrogen and oxygen atoms in total. The van der Waals surface area contributed by atoms with Gasteiger partial charge in [-0.2, -0.15) is 12.1 Å². The van der Waals surface area contributed by atoms with Gasteiger partial charge in [-0.05, 0) is 67.5 Å². The zero-order chi connectivity index (χ0) is 35.6. The Morgan fingerprint density at radius 2 is 0.686 bits per heavy atom. The van der Waals surface area contributed by atoms with E-state index in [2.05, 4.69) is 223 Å². The smallest absolute Gasteiger partial charge is 0.0120 e. The van der Waals surface area contributed by atoms with E-state index in [0.717, 1.165) is 0 Å². The van der Waals surface area contributed by atoms with Crippen molar-refractivity contribution in [1.29, 1.82) is 0 Å². The van der Waals surface area contributed by atoms with Crippen LogP contribution in [0.3, 0.4) is 0 Å². The van der Waals surface area contributed by atoms with Crippen molar-refractivity contribution in [3.05, 3.63) is 158 Å². The molecule has 0 saturated heterocycles. The number of hydrogen-bond donors (Lipinski definition) is 0. The Hall–Kier alpha value is -3.44. The second kappa shape index (κ2) is 19.4. The number of rotatable bonds is 12. The molecule has 272 valence electrons. The van der Waals surface area contributed by atoms with Crippen LogP contribution < -0.4 is 41.6 Å². The molecule has 0 bridgehead atoms. The Bertz CT molecular complexity index is 1620. The molecule has 6 aromatic rings. The third-order valence-corrected chi connectivity index (χ3v) is 13.8. The summed E-state index contributed by atoms with van der Waals surface area (Å²) in [6.07, 6.45) is 0. The number of nitrogens with zero attached hydrogens (tertiary/aromatic N) is 2. The van der Waals surface area contributed by atoms with Gasteiger partial charge in [0.25, 0.3) is 0 Å². The van der Waals surface area contributed by atoms with Gasteiger partial charge < -0.3 is 38.2 Å². The van der Waals surface area contributed by atoms with Crippen molar-refractivity contribution in [3.8, 4) is 0 Å². The minimum absolute atomic E-state index is 0. The molecule has 6 aromatic carbocycles. The average Bonchev–Trinajstić information content (AvgIpc) is 3.78. The van der Waals surface area contributed by atoms with E-state index in [1.807, 2.05) is 0 Å². The van der Waals surface area contributed by atoms with Gasteiger partial charge >= 0.3 is 0 Å². The first kappa shape index (κ1) is 40.3. The molecule has 0 unspecified atom stereocenters. The van der Waals surface area contributed by atoms with Crippen molar-refractivity contribution in [2.45, 2.75) is 79.6 Å². The van der Waals surface area contributed by atoms with Gasteiger partial charge in [0, 0.05) is 29.2 Å². The molecule has 0 spiro atoms. The Balaban J connectivity index is 0.000000382. The third kappa shape index (κ3) is 9.92. The van der Waals surface area contributed by atoms with Crippen molar-refractivity contribution in [1.82, 2.24) is 0 Å². The van der Waals surface area contributed by atoms with E-state index in [-0.39, 0.29) is 17.1 Å². The molecule has 0 aliphatic rings. The van der Waals surface area contributed by atoms with Crippen LogP contribution in [-0.4, -0.2) is 24.2 Å². The van der Waals surface area contributed by atoms with E-state index < -0.39 is 15.8 Å². The maximum absolute atomic E-state index is 2.66. The monoisotopic (exact) mass is 752 g/mol. The van der Waals surface area contributed by atoms with Crippen molar-refractivity contribution >= 4 is 59.0 Å². The SMILES string of the molecule is CC(C)N([c-]1[c-](P(c2ccccc2)c2ccccc2)[cH-][cH-][c-]1P(c1ccccc1)c1ccccc1)C(C)C.CC(C)N([c-]1cccc1)C(C)C.[Fe]. The van der Waals surface area contributed by atoms with Gasteiger partial charge in [0.15, 0.2) is 0 Å². The average molecular weight is 753 g/mol. The van der Waals surface area contributed by atoms with Gasteiger partial charge in [-0.3, -0.25) is 0 Å². The number of benzene rings is 4. The fourth-order valence-electron chi connectivity index (χ4n) is 7.08. The quantitative estimate of drug-likeness (QED) is 0.0699. The van der Waals surface area contributed by atoms with Crippen LogP contribution >= 0.6 is 15.8 Å². The van der Waals surface area contributed by atoms with Crippen LogP contribution in [0.4, 0.5) is 11.4 Å². The molecule has 5 heteroatoms. The molecule has 0 saturated carbocycles. The molecule has 0 radical (unpaired) electrons. The van der Waals surface area contributed by atoms with E-state index in [9.17, 15) is 0 Å². The maximum atomic E-state index is 2.66. The largest absolute Gasteiger partial charge is 0.739 e. The first-order valence-electron chi connectivity index (χ1n) is 18.1. The number of anilines is 2. The molecule has 0 fully saturated rings. The summed E-state index contributed by atoms with van der Waals surface area (Å²) in [5.74, 6) is 0. The Labute approximate surface area is 321 Å². The van der Waals surface area contributed by atoms with Crippen LogP contribution in [0.1, 0.15) is 55.4 Å². The summed E-state index contributed by atoms with van der Waals surface area (Å²) in [7, 11) is -1.44. The second-order valence-corrected chi connectivity index (χ2v) is 18.2. The van der Waals surface area contributed by atoms with E-state index in [0.29, 0.717) is 24.2 Å². The summed E-state index contributed by atoms with van der Waals surface area (Å²) in [5.41, 5.74) is 2.76. The zero-order valence-electron chi connectivity index (χ0n) is 31.5. The molecule has 0 aliphatic heterocycles. The summed E-state index contributed by atoms with van der Waals surface area (Å²) in [6, 6.07) is 59.7. The maximum Gasteiger partial charge on any atom is 0.0120 e. The summed E-state index contributed by atoms with van der Waals surface area (Å²) >= 11 is 0. The fraction of sp³-hybridized carbons (Fsp3) is 0.261. The molecule has 0 aromatic heterocycles. The van der Waals surface area contributed by atoms with Crippen molar-refractivity contribution in [3.63, 3.8) is 0 Å². The Kier molecular flexibility index (Phi) is 15.4. The molecular formula is C46H54FeN2P2-6. The summed E-state index contributed by atoms with van der Waals surface area (Å²) < 4.78 is 0. The van der Waals surface area contributed by atoms with Crippen LogP contribution in [-0.2, 0) is 17.1 Å². The van der Waals surface area contributed by atoms with Crippen molar-refractivity contribution < 1.29 is 17.1 Å². The summed E-state index contributed by atoms with van der Waals surface area (Å²) in [6.45, 7) is 18.3. The number of hydrogen-bond acceptors (Lipinski definition) is 2. The fourth-order valence-corrected chi connectivity index (χ4v) is 12.1. The van der Waals surface area contributed by atoms with Crippen LogP contribution in [0, 0.1) is 0 Å². The van der Waals surface area contributed by atoms with E-state index in [1.165, 1.54) is 43.2 Å². The predicted octanol–water partition coefficient (Wildman–Crippen LogP) is 9.57. The van der Waals surface area contributed by atoms with Gasteiger partial charge in [-0.15, -0.1) is 0 Å². The van der Waals surface area contributed by atoms with E-state index in [4.69, 9.17) is 0 Å². The first-order chi connectivity index (χ1) is 24.2. The van der Waals surface area contributed by atoms with Crippen LogP contribution in [0.5, 0.6) is 0 Å². The third-order valence-electron chi connectivity index (χ3n) is 8.85. The van der Waals surface area contributed by atoms with Gasteiger partial charge in [0.1, 0.15) is 0 Å². The van der Waals surface area contributed by atoms with Crippen molar-refractivity contribution in [2.24, 2.45) is 0 Å². The normalized spacial score (nSPS) is 11.3. The zero-order valence-corrected chi connectivity index (χ0v) is 34.4. The van der Waals surface area contributed by atoms with E-state index in [1.54, 1.807) is 0 Å². The molecule has 0 N–H and O–H groups in total. The molecule has 51 heavy (non-hydrogen) atoms.